The van der Waals surface area contributed by atoms with E-state index in [4.69, 9.17) is 4.74 Å². The van der Waals surface area contributed by atoms with Crippen molar-refractivity contribution in [3.63, 3.8) is 0 Å². The van der Waals surface area contributed by atoms with Crippen LogP contribution in [0.4, 0.5) is 4.79 Å². The SMILES string of the molecule is COc1ccc(C=C2SC(=O)N(CCC(=O)NC3C=CS(=O)(=O)C3)C2=O)cc1. The molecule has 1 saturated heterocycles. The molecule has 0 aliphatic carbocycles. The van der Waals surface area contributed by atoms with Crippen LogP contribution in [-0.4, -0.2) is 55.8 Å². The number of nitrogens with one attached hydrogen (secondary N) is 1. The molecular weight excluding hydrogens is 404 g/mol. The quantitative estimate of drug-likeness (QED) is 0.693. The van der Waals surface area contributed by atoms with E-state index < -0.39 is 32.9 Å². The van der Waals surface area contributed by atoms with Gasteiger partial charge >= 0.3 is 0 Å². The minimum absolute atomic E-state index is 0.0698. The van der Waals surface area contributed by atoms with Crippen molar-refractivity contribution in [2.24, 2.45) is 0 Å². The van der Waals surface area contributed by atoms with Crippen LogP contribution in [-0.2, 0) is 19.4 Å². The highest BCUT2D eigenvalue weighted by Crippen LogP contribution is 2.32. The van der Waals surface area contributed by atoms with Crippen molar-refractivity contribution in [3.05, 3.63) is 46.2 Å². The Hall–Kier alpha value is -2.59. The molecule has 1 aromatic rings. The summed E-state index contributed by atoms with van der Waals surface area (Å²) in [7, 11) is -1.71. The van der Waals surface area contributed by atoms with Gasteiger partial charge in [0.1, 0.15) is 5.75 Å². The lowest BCUT2D eigenvalue weighted by molar-refractivity contribution is -0.124. The number of ether oxygens (including phenoxy) is 1. The molecule has 1 aromatic carbocycles. The Morgan fingerprint density at radius 2 is 2.04 bits per heavy atom. The molecule has 0 bridgehead atoms. The average molecular weight is 422 g/mol. The van der Waals surface area contributed by atoms with Gasteiger partial charge in [-0.05, 0) is 41.6 Å². The Morgan fingerprint density at radius 1 is 1.32 bits per heavy atom. The van der Waals surface area contributed by atoms with Gasteiger partial charge < -0.3 is 10.1 Å². The summed E-state index contributed by atoms with van der Waals surface area (Å²) in [5.41, 5.74) is 0.748. The Kier molecular flexibility index (Phi) is 5.90. The molecule has 3 amide bonds. The molecule has 1 unspecified atom stereocenters. The fourth-order valence-electron chi connectivity index (χ4n) is 2.70. The van der Waals surface area contributed by atoms with Gasteiger partial charge in [-0.2, -0.15) is 0 Å². The maximum atomic E-state index is 12.5. The summed E-state index contributed by atoms with van der Waals surface area (Å²) in [6, 6.07) is 6.45. The number of hydrogen-bond donors (Lipinski definition) is 1. The van der Waals surface area contributed by atoms with Crippen LogP contribution in [0, 0.1) is 0 Å². The van der Waals surface area contributed by atoms with Gasteiger partial charge in [-0.25, -0.2) is 8.42 Å². The van der Waals surface area contributed by atoms with Gasteiger partial charge in [-0.3, -0.25) is 19.3 Å². The molecule has 148 valence electrons. The first-order chi connectivity index (χ1) is 13.3. The van der Waals surface area contributed by atoms with Crippen LogP contribution < -0.4 is 10.1 Å². The molecule has 8 nitrogen and oxygen atoms in total. The van der Waals surface area contributed by atoms with Crippen LogP contribution in [0.25, 0.3) is 6.08 Å². The standard InChI is InChI=1S/C18H18N2O6S2/c1-26-14-4-2-12(3-5-14)10-15-17(22)20(18(23)27-15)8-6-16(21)19-13-7-9-28(24,25)11-13/h2-5,7,9-10,13H,6,8,11H2,1H3,(H,19,21). The number of carbonyl (C=O) groups excluding carboxylic acids is 3. The maximum absolute atomic E-state index is 12.5. The number of methoxy groups -OCH3 is 1. The highest BCUT2D eigenvalue weighted by molar-refractivity contribution is 8.18. The molecule has 1 atom stereocenters. The van der Waals surface area contributed by atoms with E-state index in [2.05, 4.69) is 5.32 Å². The van der Waals surface area contributed by atoms with E-state index in [1.165, 1.54) is 6.08 Å². The highest BCUT2D eigenvalue weighted by atomic mass is 32.2. The van der Waals surface area contributed by atoms with E-state index in [1.807, 2.05) is 0 Å². The van der Waals surface area contributed by atoms with Crippen LogP contribution in [0.3, 0.4) is 0 Å². The second kappa shape index (κ2) is 8.19. The van der Waals surface area contributed by atoms with Gasteiger partial charge in [-0.15, -0.1) is 0 Å². The van der Waals surface area contributed by atoms with Crippen molar-refractivity contribution in [1.29, 1.82) is 0 Å². The number of thioether (sulfide) groups is 1. The molecule has 2 aliphatic rings. The minimum atomic E-state index is -3.26. The summed E-state index contributed by atoms with van der Waals surface area (Å²) in [5.74, 6) is -0.377. The number of imide groups is 1. The van der Waals surface area contributed by atoms with Crippen LogP contribution in [0.2, 0.25) is 0 Å². The molecule has 3 rings (SSSR count). The molecule has 1 fully saturated rings. The number of amides is 3. The normalized spacial score (nSPS) is 22.1. The van der Waals surface area contributed by atoms with E-state index in [0.29, 0.717) is 5.75 Å². The number of nitrogens with zero attached hydrogens (tertiary/aromatic N) is 1. The van der Waals surface area contributed by atoms with Gasteiger partial charge in [0.25, 0.3) is 11.1 Å². The van der Waals surface area contributed by atoms with Crippen molar-refractivity contribution in [2.75, 3.05) is 19.4 Å². The first kappa shape index (κ1) is 20.2. The zero-order valence-electron chi connectivity index (χ0n) is 15.0. The van der Waals surface area contributed by atoms with Crippen LogP contribution in [0.1, 0.15) is 12.0 Å². The van der Waals surface area contributed by atoms with Crippen molar-refractivity contribution in [1.82, 2.24) is 10.2 Å². The molecule has 2 aliphatic heterocycles. The Labute approximate surface area is 166 Å². The predicted molar refractivity (Wildman–Crippen MR) is 105 cm³/mol. The zero-order chi connectivity index (χ0) is 20.3. The lowest BCUT2D eigenvalue weighted by Crippen LogP contribution is -2.38. The third-order valence-electron chi connectivity index (χ3n) is 4.13. The summed E-state index contributed by atoms with van der Waals surface area (Å²) in [5, 5.41) is 3.19. The first-order valence-electron chi connectivity index (χ1n) is 8.37. The summed E-state index contributed by atoms with van der Waals surface area (Å²) < 4.78 is 27.8. The Balaban J connectivity index is 1.57. The fourth-order valence-corrected chi connectivity index (χ4v) is 4.80. The van der Waals surface area contributed by atoms with Crippen molar-refractivity contribution in [2.45, 2.75) is 12.5 Å². The molecular formula is C18H18N2O6S2. The Morgan fingerprint density at radius 3 is 2.64 bits per heavy atom. The summed E-state index contributed by atoms with van der Waals surface area (Å²) in [4.78, 5) is 37.9. The summed E-state index contributed by atoms with van der Waals surface area (Å²) in [6.07, 6.45) is 2.92. The smallest absolute Gasteiger partial charge is 0.293 e. The van der Waals surface area contributed by atoms with E-state index in [0.717, 1.165) is 27.6 Å². The second-order valence-electron chi connectivity index (χ2n) is 6.19. The number of hydrogen-bond acceptors (Lipinski definition) is 7. The molecule has 1 N–H and O–H groups in total. The van der Waals surface area contributed by atoms with Crippen molar-refractivity contribution < 1.29 is 27.5 Å². The number of benzene rings is 1. The van der Waals surface area contributed by atoms with Crippen LogP contribution >= 0.6 is 11.8 Å². The molecule has 10 heteroatoms. The monoisotopic (exact) mass is 422 g/mol. The van der Waals surface area contributed by atoms with Gasteiger partial charge in [0, 0.05) is 18.4 Å². The third-order valence-corrected chi connectivity index (χ3v) is 6.43. The van der Waals surface area contributed by atoms with E-state index in [9.17, 15) is 22.8 Å². The first-order valence-corrected chi connectivity index (χ1v) is 10.9. The molecule has 0 spiro atoms. The fraction of sp³-hybridized carbons (Fsp3) is 0.278. The second-order valence-corrected chi connectivity index (χ2v) is 9.11. The maximum Gasteiger partial charge on any atom is 0.293 e. The lowest BCUT2D eigenvalue weighted by atomic mass is 10.2. The third kappa shape index (κ3) is 4.82. The number of sulfone groups is 1. The van der Waals surface area contributed by atoms with Crippen LogP contribution in [0.15, 0.2) is 40.7 Å². The zero-order valence-corrected chi connectivity index (χ0v) is 16.6. The average Bonchev–Trinajstić information content (AvgIpc) is 3.12. The lowest BCUT2D eigenvalue weighted by Gasteiger charge is -2.14. The van der Waals surface area contributed by atoms with Crippen molar-refractivity contribution in [3.8, 4) is 5.75 Å². The topological polar surface area (TPSA) is 110 Å². The minimum Gasteiger partial charge on any atom is -0.497 e. The van der Waals surface area contributed by atoms with Gasteiger partial charge in [0.05, 0.1) is 23.8 Å². The molecule has 28 heavy (non-hydrogen) atoms. The van der Waals surface area contributed by atoms with E-state index in [-0.39, 0.29) is 23.6 Å². The van der Waals surface area contributed by atoms with Gasteiger partial charge in [-0.1, -0.05) is 12.1 Å². The predicted octanol–water partition coefficient (Wildman–Crippen LogP) is 1.55. The molecule has 0 radical (unpaired) electrons. The number of carbonyl (C=O) groups is 3. The van der Waals surface area contributed by atoms with E-state index in [1.54, 1.807) is 37.5 Å². The van der Waals surface area contributed by atoms with Crippen LogP contribution in [0.5, 0.6) is 5.75 Å². The van der Waals surface area contributed by atoms with Crippen molar-refractivity contribution >= 4 is 44.7 Å². The molecule has 2 heterocycles. The highest BCUT2D eigenvalue weighted by Gasteiger charge is 2.35. The van der Waals surface area contributed by atoms with Gasteiger partial charge in [0.15, 0.2) is 9.84 Å². The number of rotatable bonds is 6. The molecule has 0 saturated carbocycles. The van der Waals surface area contributed by atoms with Gasteiger partial charge in [0.2, 0.25) is 5.91 Å². The molecule has 0 aromatic heterocycles. The largest absolute Gasteiger partial charge is 0.497 e. The Bertz CT molecular complexity index is 966. The van der Waals surface area contributed by atoms with E-state index >= 15 is 0 Å². The summed E-state index contributed by atoms with van der Waals surface area (Å²) in [6.45, 7) is -0.0698. The summed E-state index contributed by atoms with van der Waals surface area (Å²) >= 11 is 0.816.